The lowest BCUT2D eigenvalue weighted by Crippen LogP contribution is -2.33. The predicted molar refractivity (Wildman–Crippen MR) is 93.5 cm³/mol. The van der Waals surface area contributed by atoms with E-state index in [0.29, 0.717) is 6.54 Å². The van der Waals surface area contributed by atoms with Gasteiger partial charge in [0.05, 0.1) is 6.54 Å². The van der Waals surface area contributed by atoms with Crippen LogP contribution in [0, 0.1) is 0 Å². The van der Waals surface area contributed by atoms with Gasteiger partial charge in [0, 0.05) is 12.0 Å². The summed E-state index contributed by atoms with van der Waals surface area (Å²) in [6.45, 7) is 1.36. The number of nitrogens with zero attached hydrogens (tertiary/aromatic N) is 1. The van der Waals surface area contributed by atoms with Crippen molar-refractivity contribution in [3.8, 4) is 0 Å². The summed E-state index contributed by atoms with van der Waals surface area (Å²) in [6, 6.07) is 19.7. The van der Waals surface area contributed by atoms with E-state index < -0.39 is 0 Å². The van der Waals surface area contributed by atoms with Crippen molar-refractivity contribution in [3.63, 3.8) is 0 Å². The highest BCUT2D eigenvalue weighted by atomic mass is 16.1. The monoisotopic (exact) mass is 307 g/mol. The molecule has 1 fully saturated rings. The number of nitrogens with one attached hydrogen (secondary N) is 1. The average molecular weight is 307 g/mol. The van der Waals surface area contributed by atoms with Gasteiger partial charge in [-0.25, -0.2) is 4.58 Å². The zero-order valence-corrected chi connectivity index (χ0v) is 13.4. The fraction of sp³-hybridized carbons (Fsp3) is 0.300. The maximum atomic E-state index is 12.7. The third kappa shape index (κ3) is 4.07. The molecule has 3 heteroatoms. The van der Waals surface area contributed by atoms with Gasteiger partial charge < -0.3 is 0 Å². The van der Waals surface area contributed by atoms with E-state index >= 15 is 0 Å². The van der Waals surface area contributed by atoms with Crippen LogP contribution in [0.5, 0.6) is 0 Å². The van der Waals surface area contributed by atoms with E-state index in [9.17, 15) is 4.79 Å². The van der Waals surface area contributed by atoms with Crippen LogP contribution in [0.2, 0.25) is 0 Å². The van der Waals surface area contributed by atoms with E-state index in [-0.39, 0.29) is 5.78 Å². The largest absolute Gasteiger partial charge is 0.290 e. The van der Waals surface area contributed by atoms with Crippen LogP contribution in [0.15, 0.2) is 60.7 Å². The minimum atomic E-state index is 0.146. The van der Waals surface area contributed by atoms with Gasteiger partial charge in [-0.15, -0.1) is 0 Å². The minimum absolute atomic E-state index is 0.146. The molecule has 0 aromatic heterocycles. The molecule has 23 heavy (non-hydrogen) atoms. The maximum Gasteiger partial charge on any atom is 0.250 e. The number of carbonyl (C=O) groups excluding carboxylic acids is 1. The molecule has 1 N–H and O–H groups in total. The molecule has 0 radical (unpaired) electrons. The highest BCUT2D eigenvalue weighted by Crippen LogP contribution is 2.15. The Kier molecular flexibility index (Phi) is 5.20. The summed E-state index contributed by atoms with van der Waals surface area (Å²) in [5.41, 5.74) is 1.84. The first-order valence-corrected chi connectivity index (χ1v) is 8.35. The van der Waals surface area contributed by atoms with Gasteiger partial charge in [0.15, 0.2) is 6.54 Å². The standard InChI is InChI=1S/C20H22N2O/c23-19(17-10-4-1-5-11-17)16-22(18-12-6-2-7-13-18)20-14-8-3-9-15-21-20/h1-2,4-7,10-13H,3,8-9,14-16H2/p+1. The summed E-state index contributed by atoms with van der Waals surface area (Å²) in [7, 11) is 0. The fourth-order valence-corrected chi connectivity index (χ4v) is 2.96. The zero-order chi connectivity index (χ0) is 15.9. The molecule has 1 heterocycles. The van der Waals surface area contributed by atoms with Crippen molar-refractivity contribution in [1.29, 1.82) is 0 Å². The number of hydrogen-bond acceptors (Lipinski definition) is 1. The fourth-order valence-electron chi connectivity index (χ4n) is 2.96. The van der Waals surface area contributed by atoms with E-state index in [0.717, 1.165) is 30.1 Å². The quantitative estimate of drug-likeness (QED) is 0.689. The molecule has 2 aromatic carbocycles. The topological polar surface area (TPSA) is 32.1 Å². The molecule has 0 bridgehead atoms. The number of rotatable bonds is 4. The molecule has 3 nitrogen and oxygen atoms in total. The lowest BCUT2D eigenvalue weighted by molar-refractivity contribution is -0.429. The highest BCUT2D eigenvalue weighted by molar-refractivity contribution is 5.97. The zero-order valence-electron chi connectivity index (χ0n) is 13.4. The molecular formula is C20H23N2O+. The van der Waals surface area contributed by atoms with Crippen LogP contribution < -0.4 is 5.32 Å². The van der Waals surface area contributed by atoms with Gasteiger partial charge in [0.1, 0.15) is 5.69 Å². The molecule has 2 aromatic rings. The first-order valence-electron chi connectivity index (χ1n) is 8.35. The first-order chi connectivity index (χ1) is 11.3. The van der Waals surface area contributed by atoms with Crippen molar-refractivity contribution in [2.24, 2.45) is 0 Å². The third-order valence-electron chi connectivity index (χ3n) is 4.21. The summed E-state index contributed by atoms with van der Waals surface area (Å²) in [4.78, 5) is 12.7. The number of para-hydroxylation sites is 1. The van der Waals surface area contributed by atoms with E-state index in [1.54, 1.807) is 0 Å². The Bertz CT molecular complexity index is 667. The Balaban J connectivity index is 1.92. The van der Waals surface area contributed by atoms with Crippen LogP contribution in [0.1, 0.15) is 36.0 Å². The number of benzene rings is 2. The summed E-state index contributed by atoms with van der Waals surface area (Å²) in [5, 5.41) is 3.53. The predicted octanol–water partition coefficient (Wildman–Crippen LogP) is 3.78. The van der Waals surface area contributed by atoms with Crippen molar-refractivity contribution in [3.05, 3.63) is 66.2 Å². The SMILES string of the molecule is O=C(C[N+](=C1CCCCCN1)c1ccccc1)c1ccccc1. The number of amidine groups is 1. The van der Waals surface area contributed by atoms with E-state index in [1.807, 2.05) is 48.5 Å². The van der Waals surface area contributed by atoms with Gasteiger partial charge in [-0.3, -0.25) is 10.1 Å². The molecule has 0 spiro atoms. The third-order valence-corrected chi connectivity index (χ3v) is 4.21. The van der Waals surface area contributed by atoms with Gasteiger partial charge in [-0.1, -0.05) is 48.5 Å². The smallest absolute Gasteiger partial charge is 0.250 e. The van der Waals surface area contributed by atoms with E-state index in [2.05, 4.69) is 22.0 Å². The Hall–Kier alpha value is -2.42. The number of Topliss-reactive ketones (excluding diaryl/α,β-unsaturated/α-hetero) is 1. The van der Waals surface area contributed by atoms with Crippen molar-refractivity contribution in [1.82, 2.24) is 5.32 Å². The van der Waals surface area contributed by atoms with Gasteiger partial charge in [0.25, 0.3) is 0 Å². The molecule has 118 valence electrons. The number of ketones is 1. The van der Waals surface area contributed by atoms with Crippen LogP contribution in [0.4, 0.5) is 5.69 Å². The second-order valence-corrected chi connectivity index (χ2v) is 5.90. The van der Waals surface area contributed by atoms with Gasteiger partial charge in [-0.05, 0) is 31.4 Å². The van der Waals surface area contributed by atoms with Crippen LogP contribution >= 0.6 is 0 Å². The highest BCUT2D eigenvalue weighted by Gasteiger charge is 2.20. The van der Waals surface area contributed by atoms with Gasteiger partial charge in [0.2, 0.25) is 11.6 Å². The average Bonchev–Trinajstić information content (AvgIpc) is 2.90. The van der Waals surface area contributed by atoms with E-state index in [4.69, 9.17) is 0 Å². The maximum absolute atomic E-state index is 12.7. The van der Waals surface area contributed by atoms with Crippen molar-refractivity contribution < 1.29 is 9.37 Å². The molecule has 0 unspecified atom stereocenters. The molecule has 3 rings (SSSR count). The van der Waals surface area contributed by atoms with Crippen molar-refractivity contribution in [2.45, 2.75) is 25.7 Å². The summed E-state index contributed by atoms with van der Waals surface area (Å²) in [5.74, 6) is 1.31. The summed E-state index contributed by atoms with van der Waals surface area (Å²) < 4.78 is 2.14. The molecule has 1 saturated heterocycles. The first kappa shape index (κ1) is 15.5. The Morgan fingerprint density at radius 3 is 2.35 bits per heavy atom. The van der Waals surface area contributed by atoms with Crippen molar-refractivity contribution in [2.75, 3.05) is 13.1 Å². The second-order valence-electron chi connectivity index (χ2n) is 5.90. The molecule has 0 saturated carbocycles. The molecule has 0 amide bonds. The molecule has 0 atom stereocenters. The summed E-state index contributed by atoms with van der Waals surface area (Å²) in [6.07, 6.45) is 4.60. The van der Waals surface area contributed by atoms with Crippen LogP contribution in [0.3, 0.4) is 0 Å². The number of carbonyl (C=O) groups is 1. The normalized spacial score (nSPS) is 17.0. The number of hydrogen-bond donors (Lipinski definition) is 1. The Morgan fingerprint density at radius 2 is 1.61 bits per heavy atom. The summed E-state index contributed by atoms with van der Waals surface area (Å²) >= 11 is 0. The molecular weight excluding hydrogens is 284 g/mol. The molecule has 1 aliphatic rings. The Morgan fingerprint density at radius 1 is 0.913 bits per heavy atom. The van der Waals surface area contributed by atoms with Gasteiger partial charge in [-0.2, -0.15) is 0 Å². The lowest BCUT2D eigenvalue weighted by atomic mass is 10.1. The molecule has 1 aliphatic heterocycles. The minimum Gasteiger partial charge on any atom is -0.290 e. The van der Waals surface area contributed by atoms with Crippen molar-refractivity contribution >= 4 is 17.3 Å². The van der Waals surface area contributed by atoms with Crippen LogP contribution in [-0.4, -0.2) is 29.3 Å². The lowest BCUT2D eigenvalue weighted by Gasteiger charge is -2.11. The van der Waals surface area contributed by atoms with E-state index in [1.165, 1.54) is 19.3 Å². The second kappa shape index (κ2) is 7.73. The van der Waals surface area contributed by atoms with Gasteiger partial charge >= 0.3 is 0 Å². The molecule has 0 aliphatic carbocycles. The van der Waals surface area contributed by atoms with Crippen LogP contribution in [-0.2, 0) is 0 Å². The Labute approximate surface area is 137 Å². The van der Waals surface area contributed by atoms with Crippen LogP contribution in [0.25, 0.3) is 0 Å².